The van der Waals surface area contributed by atoms with Crippen LogP contribution in [0, 0.1) is 20.4 Å². The lowest BCUT2D eigenvalue weighted by Crippen LogP contribution is -2.68. The summed E-state index contributed by atoms with van der Waals surface area (Å²) in [5.74, 6) is 0.474. The van der Waals surface area contributed by atoms with E-state index in [1.54, 1.807) is 0 Å². The Labute approximate surface area is 208 Å². The molecule has 1 aliphatic heterocycles. The first-order valence-electron chi connectivity index (χ1n) is 10.1. The van der Waals surface area contributed by atoms with Gasteiger partial charge >= 0.3 is 0 Å². The zero-order chi connectivity index (χ0) is 27.5. The number of hydrogen-bond donors (Lipinski definition) is 4. The topological polar surface area (TPSA) is 284 Å². The van der Waals surface area contributed by atoms with Gasteiger partial charge in [-0.2, -0.15) is 0 Å². The lowest BCUT2D eigenvalue weighted by molar-refractivity contribution is -2.00. The largest absolute Gasteiger partial charge is 0.496 e. The maximum Gasteiger partial charge on any atom is 0.289 e. The molecule has 19 heteroatoms. The van der Waals surface area contributed by atoms with E-state index in [9.17, 15) is 25.4 Å². The molecule has 2 aromatic heterocycles. The summed E-state index contributed by atoms with van der Waals surface area (Å²) >= 11 is 0. The number of anilines is 1. The Hall–Kier alpha value is -3.46. The summed E-state index contributed by atoms with van der Waals surface area (Å²) in [6.45, 7) is -0.575. The molecule has 37 heavy (non-hydrogen) atoms. The van der Waals surface area contributed by atoms with Crippen LogP contribution in [-0.2, 0) is 11.3 Å². The number of nitrogens with zero attached hydrogens (tertiary/aromatic N) is 5. The Morgan fingerprint density at radius 2 is 1.92 bits per heavy atom. The first kappa shape index (κ1) is 28.1. The van der Waals surface area contributed by atoms with E-state index in [4.69, 9.17) is 38.7 Å². The Morgan fingerprint density at radius 1 is 1.24 bits per heavy atom. The fraction of sp³-hybridized carbons (Fsp3) is 0.389. The molecule has 0 saturated carbocycles. The van der Waals surface area contributed by atoms with Gasteiger partial charge in [-0.15, -0.1) is 10.2 Å². The Bertz CT molecular complexity index is 1250. The van der Waals surface area contributed by atoms with E-state index < -0.39 is 46.3 Å². The standard InChI is InChI=1S/C18H20N6O8.ClHO4/c1-30-11-3-2-10(24(28)29)4-9(11)6-31-23-8-21-17-13(16(23)19)20-7-22(17)18-15(27)14(26)12(5-25)32-18;2-1(3,4)5/h2-4,7-8,12,14-15,18-19,25-27H,5-6H2,1H3;(H,2,3,4,5)/t12-,14-,15-,18-;/m1./s1. The van der Waals surface area contributed by atoms with Crippen molar-refractivity contribution >= 4 is 22.7 Å². The third kappa shape index (κ3) is 6.46. The summed E-state index contributed by atoms with van der Waals surface area (Å²) in [7, 11) is -3.51. The van der Waals surface area contributed by atoms with Crippen LogP contribution in [-0.4, -0.2) is 66.8 Å². The van der Waals surface area contributed by atoms with Crippen LogP contribution in [0.1, 0.15) is 11.8 Å². The molecular formula is C18H21ClN6O12. The third-order valence-corrected chi connectivity index (χ3v) is 5.16. The molecule has 1 aromatic carbocycles. The molecule has 4 atom stereocenters. The van der Waals surface area contributed by atoms with E-state index in [0.717, 1.165) is 4.73 Å². The van der Waals surface area contributed by atoms with Crippen LogP contribution in [0.15, 0.2) is 30.9 Å². The van der Waals surface area contributed by atoms with Gasteiger partial charge in [0, 0.05) is 17.7 Å². The molecule has 4 rings (SSSR count). The normalized spacial score (nSPS) is 21.4. The second-order valence-electron chi connectivity index (χ2n) is 7.41. The van der Waals surface area contributed by atoms with Crippen molar-refractivity contribution in [1.29, 1.82) is 0 Å². The van der Waals surface area contributed by atoms with Gasteiger partial charge in [0.25, 0.3) is 17.8 Å². The first-order valence-corrected chi connectivity index (χ1v) is 11.3. The number of halogens is 1. The number of imidazole rings is 1. The lowest BCUT2D eigenvalue weighted by atomic mass is 10.1. The van der Waals surface area contributed by atoms with Crippen molar-refractivity contribution in [3.05, 3.63) is 46.5 Å². The molecule has 1 aliphatic rings. The monoisotopic (exact) mass is 548 g/mol. The smallest absolute Gasteiger partial charge is 0.289 e. The highest BCUT2D eigenvalue weighted by Crippen LogP contribution is 2.31. The number of aliphatic hydroxyl groups is 3. The van der Waals surface area contributed by atoms with Crippen molar-refractivity contribution in [1.82, 2.24) is 14.5 Å². The Kier molecular flexibility index (Phi) is 8.58. The highest BCUT2D eigenvalue weighted by atomic mass is 35.7. The summed E-state index contributed by atoms with van der Waals surface area (Å²) in [6, 6.07) is 4.12. The molecule has 0 aliphatic carbocycles. The quantitative estimate of drug-likeness (QED) is 0.121. The highest BCUT2D eigenvalue weighted by molar-refractivity contribution is 5.79. The minimum Gasteiger partial charge on any atom is -0.496 e. The number of aliphatic hydroxyl groups excluding tert-OH is 3. The first-order chi connectivity index (χ1) is 17.3. The SMILES string of the molecule is COc1ccc([N+](=O)[O-])cc1CO[n+]1cnc2c(ncn2[C@@H]2O[C@H](CO)[C@@H](O)[C@H]2O)c1N.[O-][Cl+3]([O-])([O-])[O-]. The van der Waals surface area contributed by atoms with Crippen molar-refractivity contribution < 1.29 is 68.2 Å². The van der Waals surface area contributed by atoms with Crippen LogP contribution in [0.5, 0.6) is 5.75 Å². The molecule has 0 unspecified atom stereocenters. The average Bonchev–Trinajstić information content (AvgIpc) is 3.38. The number of nitro benzene ring substituents is 1. The molecule has 0 spiro atoms. The molecule has 1 fully saturated rings. The van der Waals surface area contributed by atoms with Crippen molar-refractivity contribution in [2.75, 3.05) is 19.5 Å². The van der Waals surface area contributed by atoms with Crippen LogP contribution in [0.2, 0.25) is 0 Å². The second-order valence-corrected chi connectivity index (χ2v) is 8.17. The number of hydrogen-bond acceptors (Lipinski definition) is 15. The number of fused-ring (bicyclic) bond motifs is 1. The number of nitro groups is 1. The number of ether oxygens (including phenoxy) is 2. The zero-order valence-electron chi connectivity index (χ0n) is 18.8. The molecule has 0 bridgehead atoms. The lowest BCUT2D eigenvalue weighted by Gasteiger charge is -2.17. The maximum atomic E-state index is 11.0. The zero-order valence-corrected chi connectivity index (χ0v) is 19.6. The van der Waals surface area contributed by atoms with E-state index >= 15 is 0 Å². The van der Waals surface area contributed by atoms with Crippen molar-refractivity contribution in [2.24, 2.45) is 0 Å². The molecular weight excluding hydrogens is 528 g/mol. The van der Waals surface area contributed by atoms with Gasteiger partial charge in [-0.3, -0.25) is 14.7 Å². The molecule has 1 saturated heterocycles. The van der Waals surface area contributed by atoms with Crippen molar-refractivity contribution in [3.8, 4) is 5.75 Å². The average molecular weight is 549 g/mol. The predicted molar refractivity (Wildman–Crippen MR) is 105 cm³/mol. The van der Waals surface area contributed by atoms with E-state index in [0.29, 0.717) is 11.3 Å². The Balaban J connectivity index is 0.000000695. The number of nitrogens with two attached hydrogens (primary N) is 1. The minimum absolute atomic E-state index is 0.0740. The van der Waals surface area contributed by atoms with Gasteiger partial charge in [0.15, 0.2) is 12.8 Å². The number of rotatable bonds is 7. The van der Waals surface area contributed by atoms with Gasteiger partial charge in [-0.25, -0.2) is 23.6 Å². The van der Waals surface area contributed by atoms with Crippen molar-refractivity contribution in [3.63, 3.8) is 0 Å². The van der Waals surface area contributed by atoms with Gasteiger partial charge in [-0.05, 0) is 6.07 Å². The third-order valence-electron chi connectivity index (χ3n) is 5.16. The summed E-state index contributed by atoms with van der Waals surface area (Å²) in [4.78, 5) is 24.6. The molecule has 202 valence electrons. The van der Waals surface area contributed by atoms with Crippen LogP contribution in [0.25, 0.3) is 11.2 Å². The van der Waals surface area contributed by atoms with Gasteiger partial charge in [0.2, 0.25) is 11.2 Å². The van der Waals surface area contributed by atoms with Gasteiger partial charge in [0.05, 0.1) is 18.6 Å². The molecule has 0 amide bonds. The fourth-order valence-electron chi connectivity index (χ4n) is 3.47. The van der Waals surface area contributed by atoms with Crippen LogP contribution in [0.3, 0.4) is 0 Å². The number of non-ortho nitro benzene ring substituents is 1. The van der Waals surface area contributed by atoms with Gasteiger partial charge in [-0.1, -0.05) is 9.71 Å². The molecule has 3 aromatic rings. The summed E-state index contributed by atoms with van der Waals surface area (Å²) in [5.41, 5.74) is 6.94. The van der Waals surface area contributed by atoms with E-state index in [-0.39, 0.29) is 29.3 Å². The van der Waals surface area contributed by atoms with Crippen LogP contribution < -0.4 is 38.7 Å². The van der Waals surface area contributed by atoms with Gasteiger partial charge in [0.1, 0.15) is 30.4 Å². The summed E-state index contributed by atoms with van der Waals surface area (Å²) in [5, 5.41) is 40.6. The molecule has 3 heterocycles. The van der Waals surface area contributed by atoms with Crippen LogP contribution in [0.4, 0.5) is 11.5 Å². The van der Waals surface area contributed by atoms with Crippen LogP contribution >= 0.6 is 0 Å². The minimum atomic E-state index is -4.94. The maximum absolute atomic E-state index is 11.0. The molecule has 0 radical (unpaired) electrons. The van der Waals surface area contributed by atoms with Gasteiger partial charge < -0.3 is 35.4 Å². The fourth-order valence-corrected chi connectivity index (χ4v) is 3.47. The predicted octanol–water partition coefficient (Wildman–Crippen LogP) is -6.30. The van der Waals surface area contributed by atoms with E-state index in [2.05, 4.69) is 9.97 Å². The number of methoxy groups -OCH3 is 1. The summed E-state index contributed by atoms with van der Waals surface area (Å²) < 4.78 is 47.2. The number of aromatic nitrogens is 4. The van der Waals surface area contributed by atoms with E-state index in [1.165, 1.54) is 42.5 Å². The second kappa shape index (κ2) is 11.3. The summed E-state index contributed by atoms with van der Waals surface area (Å²) in [6.07, 6.45) is -1.96. The Morgan fingerprint density at radius 3 is 2.49 bits per heavy atom. The van der Waals surface area contributed by atoms with Crippen molar-refractivity contribution in [2.45, 2.75) is 31.1 Å². The molecule has 5 N–H and O–H groups in total. The van der Waals surface area contributed by atoms with E-state index in [1.807, 2.05) is 0 Å². The highest BCUT2D eigenvalue weighted by Gasteiger charge is 2.44. The molecule has 18 nitrogen and oxygen atoms in total. The number of nitrogen functional groups attached to an aromatic ring is 1. The number of benzene rings is 1.